The molecule has 2 aromatic rings. The molecule has 6 nitrogen and oxygen atoms in total. The second-order valence-corrected chi connectivity index (χ2v) is 6.87. The Hall–Kier alpha value is -1.86. The Balaban J connectivity index is 1.92. The Kier molecular flexibility index (Phi) is 5.98. The van der Waals surface area contributed by atoms with Crippen molar-refractivity contribution in [3.05, 3.63) is 58.0 Å². The number of likely N-dealkylation sites (N-methyl/N-ethyl adjacent to an activating group) is 1. The van der Waals surface area contributed by atoms with Crippen LogP contribution in [0.4, 0.5) is 0 Å². The number of amides is 1. The van der Waals surface area contributed by atoms with Gasteiger partial charge in [-0.25, -0.2) is 5.01 Å². The molecule has 1 atom stereocenters. The molecule has 1 aromatic heterocycles. The van der Waals surface area contributed by atoms with Crippen molar-refractivity contribution < 1.29 is 14.3 Å². The lowest BCUT2D eigenvalue weighted by molar-refractivity contribution is -0.134. The number of hydrogen-bond acceptors (Lipinski definition) is 5. The Morgan fingerprint density at radius 1 is 1.38 bits per heavy atom. The maximum atomic E-state index is 12.8. The predicted molar refractivity (Wildman–Crippen MR) is 100 cm³/mol. The van der Waals surface area contributed by atoms with Crippen molar-refractivity contribution in [2.45, 2.75) is 12.5 Å². The maximum absolute atomic E-state index is 12.8. The second kappa shape index (κ2) is 8.22. The van der Waals surface area contributed by atoms with E-state index in [1.54, 1.807) is 42.5 Å². The summed E-state index contributed by atoms with van der Waals surface area (Å²) in [6.07, 6.45) is 2.04. The number of hydrogen-bond donors (Lipinski definition) is 1. The molecule has 2 heterocycles. The highest BCUT2D eigenvalue weighted by atomic mass is 35.5. The van der Waals surface area contributed by atoms with E-state index in [0.717, 1.165) is 5.56 Å². The van der Waals surface area contributed by atoms with Gasteiger partial charge in [0.1, 0.15) is 11.5 Å². The predicted octanol–water partition coefficient (Wildman–Crippen LogP) is 3.19. The monoisotopic (exact) mass is 395 g/mol. The largest absolute Gasteiger partial charge is 0.463 e. The molecule has 138 valence electrons. The van der Waals surface area contributed by atoms with Crippen molar-refractivity contribution in [1.29, 1.82) is 0 Å². The van der Waals surface area contributed by atoms with Gasteiger partial charge in [-0.1, -0.05) is 35.3 Å². The minimum Gasteiger partial charge on any atom is -0.463 e. The van der Waals surface area contributed by atoms with E-state index in [9.17, 15) is 4.79 Å². The fourth-order valence-electron chi connectivity index (χ4n) is 2.91. The topological polar surface area (TPSA) is 69.3 Å². The van der Waals surface area contributed by atoms with Gasteiger partial charge in [-0.15, -0.1) is 0 Å². The lowest BCUT2D eigenvalue weighted by atomic mass is 10.0. The Morgan fingerprint density at radius 2 is 2.19 bits per heavy atom. The van der Waals surface area contributed by atoms with Crippen LogP contribution < -0.4 is 0 Å². The van der Waals surface area contributed by atoms with Crippen LogP contribution in [0.3, 0.4) is 0 Å². The summed E-state index contributed by atoms with van der Waals surface area (Å²) in [5.74, 6) is 0.427. The van der Waals surface area contributed by atoms with Gasteiger partial charge in [-0.3, -0.25) is 9.69 Å². The highest BCUT2D eigenvalue weighted by Crippen LogP contribution is 2.38. The van der Waals surface area contributed by atoms with Crippen LogP contribution >= 0.6 is 23.2 Å². The van der Waals surface area contributed by atoms with Crippen molar-refractivity contribution >= 4 is 34.8 Å². The van der Waals surface area contributed by atoms with E-state index >= 15 is 0 Å². The molecule has 1 aliphatic rings. The van der Waals surface area contributed by atoms with Gasteiger partial charge in [0.25, 0.3) is 5.91 Å². The van der Waals surface area contributed by atoms with Crippen molar-refractivity contribution in [3.63, 3.8) is 0 Å². The number of aliphatic hydroxyl groups is 1. The fourth-order valence-corrected chi connectivity index (χ4v) is 3.34. The molecule has 8 heteroatoms. The summed E-state index contributed by atoms with van der Waals surface area (Å²) in [5.41, 5.74) is 1.41. The van der Waals surface area contributed by atoms with Gasteiger partial charge in [-0.05, 0) is 30.8 Å². The number of rotatable bonds is 6. The van der Waals surface area contributed by atoms with E-state index in [4.69, 9.17) is 32.7 Å². The molecule has 1 aromatic carbocycles. The number of furan rings is 1. The van der Waals surface area contributed by atoms with Gasteiger partial charge < -0.3 is 9.52 Å². The smallest absolute Gasteiger partial charge is 0.257 e. The number of carbonyl (C=O) groups excluding carboxylic acids is 1. The maximum Gasteiger partial charge on any atom is 0.257 e. The third kappa shape index (κ3) is 3.94. The zero-order chi connectivity index (χ0) is 18.7. The normalized spacial score (nSPS) is 17.0. The molecule has 1 N–H and O–H groups in total. The first-order valence-corrected chi connectivity index (χ1v) is 8.93. The minimum absolute atomic E-state index is 0.0196. The molecule has 0 radical (unpaired) electrons. The van der Waals surface area contributed by atoms with E-state index < -0.39 is 0 Å². The molecular weight excluding hydrogens is 377 g/mol. The molecule has 0 saturated carbocycles. The highest BCUT2D eigenvalue weighted by molar-refractivity contribution is 6.42. The van der Waals surface area contributed by atoms with Crippen LogP contribution in [0.1, 0.15) is 23.8 Å². The van der Waals surface area contributed by atoms with E-state index in [-0.39, 0.29) is 25.1 Å². The number of aliphatic hydroxyl groups excluding tert-OH is 1. The van der Waals surface area contributed by atoms with Gasteiger partial charge in [0, 0.05) is 13.0 Å². The zero-order valence-corrected chi connectivity index (χ0v) is 15.7. The van der Waals surface area contributed by atoms with E-state index in [1.165, 1.54) is 5.01 Å². The summed E-state index contributed by atoms with van der Waals surface area (Å²) in [6, 6.07) is 8.57. The Morgan fingerprint density at radius 3 is 2.88 bits per heavy atom. The Labute approximate surface area is 161 Å². The van der Waals surface area contributed by atoms with Crippen LogP contribution in [0.15, 0.2) is 46.1 Å². The molecular formula is C18H19Cl2N3O3. The molecule has 26 heavy (non-hydrogen) atoms. The molecule has 1 amide bonds. The van der Waals surface area contributed by atoms with Crippen molar-refractivity contribution in [1.82, 2.24) is 9.91 Å². The molecule has 3 rings (SSSR count). The number of carbonyl (C=O) groups is 1. The SMILES string of the molecule is CN(CCO)CC(=O)N1N=C(c2ccco2)CC1c1cccc(Cl)c1Cl. The molecule has 0 fully saturated rings. The fraction of sp³-hybridized carbons (Fsp3) is 0.333. The number of nitrogens with zero attached hydrogens (tertiary/aromatic N) is 3. The van der Waals surface area contributed by atoms with Crippen molar-refractivity contribution in [3.8, 4) is 0 Å². The van der Waals surface area contributed by atoms with Gasteiger partial charge in [-0.2, -0.15) is 5.10 Å². The van der Waals surface area contributed by atoms with Gasteiger partial charge in [0.05, 0.1) is 35.5 Å². The van der Waals surface area contributed by atoms with Crippen LogP contribution in [0.2, 0.25) is 10.0 Å². The van der Waals surface area contributed by atoms with Crippen LogP contribution in [0.25, 0.3) is 0 Å². The molecule has 0 saturated heterocycles. The molecule has 0 bridgehead atoms. The summed E-state index contributed by atoms with van der Waals surface area (Å²) in [6.45, 7) is 0.509. The van der Waals surface area contributed by atoms with E-state index in [2.05, 4.69) is 5.10 Å². The van der Waals surface area contributed by atoms with E-state index in [0.29, 0.717) is 34.5 Å². The number of benzene rings is 1. The standard InChI is InChI=1S/C18H19Cl2N3O3/c1-22(7-8-24)11-17(25)23-15(12-4-2-5-13(19)18(12)20)10-14(21-23)16-6-3-9-26-16/h2-6,9,15,24H,7-8,10-11H2,1H3. The van der Waals surface area contributed by atoms with Crippen molar-refractivity contribution in [2.75, 3.05) is 26.7 Å². The first-order valence-electron chi connectivity index (χ1n) is 8.18. The first-order chi connectivity index (χ1) is 12.5. The molecule has 1 aliphatic heterocycles. The van der Waals surface area contributed by atoms with Crippen molar-refractivity contribution in [2.24, 2.45) is 5.10 Å². The third-order valence-corrected chi connectivity index (χ3v) is 5.03. The Bertz CT molecular complexity index is 808. The highest BCUT2D eigenvalue weighted by Gasteiger charge is 2.35. The zero-order valence-electron chi connectivity index (χ0n) is 14.2. The lowest BCUT2D eigenvalue weighted by Crippen LogP contribution is -2.37. The van der Waals surface area contributed by atoms with Gasteiger partial charge >= 0.3 is 0 Å². The van der Waals surface area contributed by atoms with Gasteiger partial charge in [0.2, 0.25) is 0 Å². The first kappa shape index (κ1) is 18.9. The van der Waals surface area contributed by atoms with Crippen LogP contribution in [-0.2, 0) is 4.79 Å². The summed E-state index contributed by atoms with van der Waals surface area (Å²) in [7, 11) is 1.77. The number of hydrazone groups is 1. The molecule has 0 aliphatic carbocycles. The average Bonchev–Trinajstić information content (AvgIpc) is 3.26. The lowest BCUT2D eigenvalue weighted by Gasteiger charge is -2.25. The van der Waals surface area contributed by atoms with Gasteiger partial charge in [0.15, 0.2) is 0 Å². The quantitative estimate of drug-likeness (QED) is 0.815. The van der Waals surface area contributed by atoms with E-state index in [1.807, 2.05) is 6.07 Å². The second-order valence-electron chi connectivity index (χ2n) is 6.09. The van der Waals surface area contributed by atoms with Crippen LogP contribution in [0, 0.1) is 0 Å². The summed E-state index contributed by atoms with van der Waals surface area (Å²) < 4.78 is 5.43. The van der Waals surface area contributed by atoms with Crippen LogP contribution in [-0.4, -0.2) is 53.4 Å². The third-order valence-electron chi connectivity index (χ3n) is 4.20. The minimum atomic E-state index is -0.365. The molecule has 1 unspecified atom stereocenters. The van der Waals surface area contributed by atoms with Crippen LogP contribution in [0.5, 0.6) is 0 Å². The summed E-state index contributed by atoms with van der Waals surface area (Å²) in [5, 5.41) is 15.8. The number of halogens is 2. The summed E-state index contributed by atoms with van der Waals surface area (Å²) in [4.78, 5) is 14.6. The average molecular weight is 396 g/mol. The summed E-state index contributed by atoms with van der Waals surface area (Å²) >= 11 is 12.5. The molecule has 0 spiro atoms.